The summed E-state index contributed by atoms with van der Waals surface area (Å²) in [6, 6.07) is 6.89. The van der Waals surface area contributed by atoms with E-state index in [2.05, 4.69) is 52.5 Å². The first-order valence-electron chi connectivity index (χ1n) is 6.71. The summed E-state index contributed by atoms with van der Waals surface area (Å²) in [6.45, 7) is 3.63. The van der Waals surface area contributed by atoms with Crippen LogP contribution in [0.15, 0.2) is 33.2 Å². The average Bonchev–Trinajstić information content (AvgIpc) is 2.46. The number of aryl methyl sites for hydroxylation is 2. The summed E-state index contributed by atoms with van der Waals surface area (Å²) in [4.78, 5) is 32.2. The van der Waals surface area contributed by atoms with Gasteiger partial charge in [-0.05, 0) is 70.0 Å². The lowest BCUT2D eigenvalue weighted by Crippen LogP contribution is -2.22. The maximum Gasteiger partial charge on any atom is 0.234 e. The van der Waals surface area contributed by atoms with Crippen molar-refractivity contribution in [1.82, 2.24) is 9.97 Å². The first-order valence-corrected chi connectivity index (χ1v) is 8.30. The van der Waals surface area contributed by atoms with Crippen molar-refractivity contribution in [3.63, 3.8) is 0 Å². The summed E-state index contributed by atoms with van der Waals surface area (Å²) in [6.07, 6.45) is -0.312. The molecule has 0 saturated carbocycles. The molecule has 2 amide bonds. The van der Waals surface area contributed by atoms with Gasteiger partial charge < -0.3 is 10.6 Å². The van der Waals surface area contributed by atoms with Crippen molar-refractivity contribution in [2.24, 2.45) is 0 Å². The van der Waals surface area contributed by atoms with Crippen molar-refractivity contribution in [3.05, 3.63) is 44.6 Å². The van der Waals surface area contributed by atoms with Gasteiger partial charge in [0.1, 0.15) is 18.1 Å². The summed E-state index contributed by atoms with van der Waals surface area (Å²) >= 11 is 6.67. The molecule has 0 aliphatic heterocycles. The van der Waals surface area contributed by atoms with E-state index >= 15 is 0 Å². The minimum Gasteiger partial charge on any atom is -0.310 e. The Balaban J connectivity index is 1.92. The number of halogens is 2. The molecule has 2 aromatic heterocycles. The molecule has 0 aliphatic carbocycles. The number of hydrogen-bond acceptors (Lipinski definition) is 4. The number of pyridine rings is 2. The molecule has 0 fully saturated rings. The fourth-order valence-corrected chi connectivity index (χ4v) is 2.19. The number of anilines is 2. The molecule has 0 saturated heterocycles. The van der Waals surface area contributed by atoms with Gasteiger partial charge >= 0.3 is 0 Å². The zero-order valence-corrected chi connectivity index (χ0v) is 15.7. The highest BCUT2D eigenvalue weighted by molar-refractivity contribution is 9.10. The average molecular weight is 442 g/mol. The number of hydrogen-bond donors (Lipinski definition) is 2. The van der Waals surface area contributed by atoms with E-state index in [9.17, 15) is 9.59 Å². The van der Waals surface area contributed by atoms with Gasteiger partial charge in [-0.2, -0.15) is 0 Å². The molecule has 0 spiro atoms. The quantitative estimate of drug-likeness (QED) is 0.710. The lowest BCUT2D eigenvalue weighted by atomic mass is 10.3. The van der Waals surface area contributed by atoms with Crippen LogP contribution >= 0.6 is 31.9 Å². The second kappa shape index (κ2) is 7.65. The molecule has 0 atom stereocenters. The SMILES string of the molecule is Cc1nc(NC(=O)CC(=O)Nc2ccc(Br)c(C)n2)ccc1Br. The number of nitrogens with one attached hydrogen (secondary N) is 2. The Morgan fingerprint density at radius 1 is 0.870 bits per heavy atom. The number of carbonyl (C=O) groups excluding carboxylic acids is 2. The Kier molecular flexibility index (Phi) is 5.84. The fourth-order valence-electron chi connectivity index (χ4n) is 1.75. The molecule has 0 aliphatic rings. The summed E-state index contributed by atoms with van der Waals surface area (Å²) in [5, 5.41) is 5.18. The Hall–Kier alpha value is -1.80. The van der Waals surface area contributed by atoms with Crippen molar-refractivity contribution in [3.8, 4) is 0 Å². The normalized spacial score (nSPS) is 10.3. The fraction of sp³-hybridized carbons (Fsp3) is 0.200. The molecule has 6 nitrogen and oxygen atoms in total. The second-order valence-corrected chi connectivity index (χ2v) is 6.51. The highest BCUT2D eigenvalue weighted by Crippen LogP contribution is 2.17. The minimum absolute atomic E-state index is 0.312. The number of nitrogens with zero attached hydrogens (tertiary/aromatic N) is 2. The lowest BCUT2D eigenvalue weighted by molar-refractivity contribution is -0.123. The van der Waals surface area contributed by atoms with E-state index < -0.39 is 11.8 Å². The molecule has 120 valence electrons. The maximum atomic E-state index is 11.9. The van der Waals surface area contributed by atoms with Crippen molar-refractivity contribution in [2.75, 3.05) is 10.6 Å². The number of aromatic nitrogens is 2. The van der Waals surface area contributed by atoms with Gasteiger partial charge in [0.2, 0.25) is 11.8 Å². The van der Waals surface area contributed by atoms with Crippen LogP contribution in [0.5, 0.6) is 0 Å². The first-order chi connectivity index (χ1) is 10.8. The van der Waals surface area contributed by atoms with E-state index in [1.807, 2.05) is 13.8 Å². The van der Waals surface area contributed by atoms with E-state index in [1.54, 1.807) is 24.3 Å². The van der Waals surface area contributed by atoms with Crippen LogP contribution in [0.4, 0.5) is 11.6 Å². The molecule has 2 rings (SSSR count). The largest absolute Gasteiger partial charge is 0.310 e. The number of amides is 2. The smallest absolute Gasteiger partial charge is 0.234 e. The molecule has 2 N–H and O–H groups in total. The molecule has 0 unspecified atom stereocenters. The monoisotopic (exact) mass is 440 g/mol. The van der Waals surface area contributed by atoms with E-state index in [-0.39, 0.29) is 6.42 Å². The van der Waals surface area contributed by atoms with Gasteiger partial charge in [0.15, 0.2) is 0 Å². The van der Waals surface area contributed by atoms with E-state index in [0.717, 1.165) is 20.3 Å². The number of carbonyl (C=O) groups is 2. The third-order valence-corrected chi connectivity index (χ3v) is 4.58. The standard InChI is InChI=1S/C15H14Br2N4O2/c1-8-10(16)3-5-12(18-8)20-14(22)7-15(23)21-13-6-4-11(17)9(2)19-13/h3-6H,7H2,1-2H3,(H,18,20,22)(H,19,21,23). The second-order valence-electron chi connectivity index (χ2n) is 4.80. The Morgan fingerprint density at radius 2 is 1.26 bits per heavy atom. The summed E-state index contributed by atoms with van der Waals surface area (Å²) < 4.78 is 1.70. The lowest BCUT2D eigenvalue weighted by Gasteiger charge is -2.07. The Morgan fingerprint density at radius 3 is 1.61 bits per heavy atom. The van der Waals surface area contributed by atoms with Gasteiger partial charge in [0.25, 0.3) is 0 Å². The van der Waals surface area contributed by atoms with Crippen LogP contribution in [0.1, 0.15) is 17.8 Å². The topological polar surface area (TPSA) is 84.0 Å². The number of rotatable bonds is 4. The predicted octanol–water partition coefficient (Wildman–Crippen LogP) is 3.59. The summed E-state index contributed by atoms with van der Waals surface area (Å²) in [5.74, 6) is -0.0710. The van der Waals surface area contributed by atoms with Crippen LogP contribution in [0, 0.1) is 13.8 Å². The van der Waals surface area contributed by atoms with Crippen molar-refractivity contribution in [1.29, 1.82) is 0 Å². The molecule has 2 heterocycles. The molecule has 0 bridgehead atoms. The molecular formula is C15H14Br2N4O2. The molecule has 0 aromatic carbocycles. The van der Waals surface area contributed by atoms with Crippen LogP contribution in [0.3, 0.4) is 0 Å². The zero-order chi connectivity index (χ0) is 17.0. The summed E-state index contributed by atoms with van der Waals surface area (Å²) in [5.41, 5.74) is 1.50. The first kappa shape index (κ1) is 17.6. The zero-order valence-electron chi connectivity index (χ0n) is 12.5. The molecular weight excluding hydrogens is 428 g/mol. The Labute approximate surface area is 150 Å². The van der Waals surface area contributed by atoms with Crippen LogP contribution in [-0.4, -0.2) is 21.8 Å². The summed E-state index contributed by atoms with van der Waals surface area (Å²) in [7, 11) is 0. The molecule has 8 heteroatoms. The van der Waals surface area contributed by atoms with Gasteiger partial charge in [-0.25, -0.2) is 9.97 Å². The van der Waals surface area contributed by atoms with Gasteiger partial charge in [-0.1, -0.05) is 0 Å². The molecule has 23 heavy (non-hydrogen) atoms. The van der Waals surface area contributed by atoms with Crippen molar-refractivity contribution >= 4 is 55.3 Å². The minimum atomic E-state index is -0.439. The van der Waals surface area contributed by atoms with Crippen LogP contribution in [0.25, 0.3) is 0 Å². The van der Waals surface area contributed by atoms with Gasteiger partial charge in [0.05, 0.1) is 11.4 Å². The Bertz CT molecular complexity index is 702. The van der Waals surface area contributed by atoms with Gasteiger partial charge in [-0.3, -0.25) is 9.59 Å². The molecule has 2 aromatic rings. The third-order valence-electron chi connectivity index (χ3n) is 2.90. The van der Waals surface area contributed by atoms with Crippen molar-refractivity contribution < 1.29 is 9.59 Å². The van der Waals surface area contributed by atoms with Crippen LogP contribution < -0.4 is 10.6 Å². The maximum absolute atomic E-state index is 11.9. The predicted molar refractivity (Wildman–Crippen MR) is 95.2 cm³/mol. The van der Waals surface area contributed by atoms with E-state index in [1.165, 1.54) is 0 Å². The highest BCUT2D eigenvalue weighted by atomic mass is 79.9. The van der Waals surface area contributed by atoms with Crippen LogP contribution in [0.2, 0.25) is 0 Å². The third kappa shape index (κ3) is 5.11. The van der Waals surface area contributed by atoms with Gasteiger partial charge in [0, 0.05) is 8.95 Å². The van der Waals surface area contributed by atoms with E-state index in [4.69, 9.17) is 0 Å². The van der Waals surface area contributed by atoms with Crippen LogP contribution in [-0.2, 0) is 9.59 Å². The van der Waals surface area contributed by atoms with E-state index in [0.29, 0.717) is 11.6 Å². The van der Waals surface area contributed by atoms with Gasteiger partial charge in [-0.15, -0.1) is 0 Å². The molecule has 0 radical (unpaired) electrons. The van der Waals surface area contributed by atoms with Crippen molar-refractivity contribution in [2.45, 2.75) is 20.3 Å². The highest BCUT2D eigenvalue weighted by Gasteiger charge is 2.12.